The lowest BCUT2D eigenvalue weighted by Gasteiger charge is -2.19. The maximum absolute atomic E-state index is 13.0. The van der Waals surface area contributed by atoms with Gasteiger partial charge in [-0.05, 0) is 38.1 Å². The highest BCUT2D eigenvalue weighted by Gasteiger charge is 2.34. The first-order valence-corrected chi connectivity index (χ1v) is 7.17. The van der Waals surface area contributed by atoms with Crippen LogP contribution in [0, 0.1) is 6.92 Å². The molecule has 0 radical (unpaired) electrons. The van der Waals surface area contributed by atoms with Gasteiger partial charge in [0.25, 0.3) is 0 Å². The van der Waals surface area contributed by atoms with Gasteiger partial charge in [-0.1, -0.05) is 17.7 Å². The van der Waals surface area contributed by atoms with E-state index in [1.807, 2.05) is 26.0 Å². The minimum Gasteiger partial charge on any atom is -0.376 e. The van der Waals surface area contributed by atoms with E-state index < -0.39 is 11.7 Å². The Morgan fingerprint density at radius 3 is 2.45 bits per heavy atom. The van der Waals surface area contributed by atoms with Gasteiger partial charge in [0.2, 0.25) is 0 Å². The number of hydrogen-bond acceptors (Lipinski definition) is 2. The Bertz CT molecular complexity index is 607. The summed E-state index contributed by atoms with van der Waals surface area (Å²) < 4.78 is 39.0. The Balaban J connectivity index is 2.33. The lowest BCUT2D eigenvalue weighted by Crippen LogP contribution is -2.13. The highest BCUT2D eigenvalue weighted by Crippen LogP contribution is 2.40. The minimum absolute atomic E-state index is 0.0692. The predicted molar refractivity (Wildman–Crippen MR) is 77.5 cm³/mol. The van der Waals surface area contributed by atoms with E-state index in [1.165, 1.54) is 12.1 Å². The van der Waals surface area contributed by atoms with Crippen LogP contribution in [0.1, 0.15) is 28.3 Å². The third-order valence-electron chi connectivity index (χ3n) is 2.87. The second kappa shape index (κ2) is 5.66. The molecule has 1 nitrogen and oxygen atoms in total. The maximum atomic E-state index is 13.0. The lowest BCUT2D eigenvalue weighted by molar-refractivity contribution is -0.137. The van der Waals surface area contributed by atoms with Crippen molar-refractivity contribution in [3.63, 3.8) is 0 Å². The number of anilines is 1. The number of nitrogens with one attached hydrogen (secondary N) is 1. The summed E-state index contributed by atoms with van der Waals surface area (Å²) in [7, 11) is 0. The quantitative estimate of drug-likeness (QED) is 0.742. The molecule has 0 aliphatic heterocycles. The molecule has 1 aromatic carbocycles. The van der Waals surface area contributed by atoms with Crippen LogP contribution in [0.3, 0.4) is 0 Å². The average Bonchev–Trinajstić information content (AvgIpc) is 2.77. The second-order valence-electron chi connectivity index (χ2n) is 4.47. The van der Waals surface area contributed by atoms with Crippen molar-refractivity contribution in [2.24, 2.45) is 0 Å². The summed E-state index contributed by atoms with van der Waals surface area (Å²) in [6, 6.07) is 7.38. The Morgan fingerprint density at radius 1 is 1.20 bits per heavy atom. The normalized spacial score (nSPS) is 13.3. The van der Waals surface area contributed by atoms with Crippen molar-refractivity contribution in [1.29, 1.82) is 0 Å². The third kappa shape index (κ3) is 3.27. The Morgan fingerprint density at radius 2 is 1.90 bits per heavy atom. The number of benzene rings is 1. The Hall–Kier alpha value is -1.20. The number of rotatable bonds is 3. The summed E-state index contributed by atoms with van der Waals surface area (Å²) >= 11 is 7.46. The first-order chi connectivity index (χ1) is 9.29. The van der Waals surface area contributed by atoms with Crippen molar-refractivity contribution in [2.45, 2.75) is 26.1 Å². The fourth-order valence-electron chi connectivity index (χ4n) is 1.88. The lowest BCUT2D eigenvalue weighted by atomic mass is 10.1. The van der Waals surface area contributed by atoms with Gasteiger partial charge in [-0.3, -0.25) is 0 Å². The SMILES string of the molecule is Cc1ccc(C(C)Nc2c(Cl)cccc2C(F)(F)F)s1. The van der Waals surface area contributed by atoms with Gasteiger partial charge in [-0.2, -0.15) is 13.2 Å². The van der Waals surface area contributed by atoms with Gasteiger partial charge < -0.3 is 5.32 Å². The molecule has 0 aliphatic rings. The summed E-state index contributed by atoms with van der Waals surface area (Å²) in [6.45, 7) is 3.77. The number of halogens is 4. The van der Waals surface area contributed by atoms with Gasteiger partial charge in [-0.25, -0.2) is 0 Å². The first kappa shape index (κ1) is 15.2. The zero-order valence-corrected chi connectivity index (χ0v) is 12.5. The zero-order chi connectivity index (χ0) is 14.9. The van der Waals surface area contributed by atoms with E-state index in [9.17, 15) is 13.2 Å². The number of hydrogen-bond donors (Lipinski definition) is 1. The summed E-state index contributed by atoms with van der Waals surface area (Å²) in [5.41, 5.74) is -0.814. The van der Waals surface area contributed by atoms with Crippen molar-refractivity contribution in [2.75, 3.05) is 5.32 Å². The standard InChI is InChI=1S/C14H13ClF3NS/c1-8-6-7-12(20-8)9(2)19-13-10(14(16,17)18)4-3-5-11(13)15/h3-7,9,19H,1-2H3. The van der Waals surface area contributed by atoms with E-state index in [0.29, 0.717) is 0 Å². The van der Waals surface area contributed by atoms with Crippen LogP contribution in [0.2, 0.25) is 5.02 Å². The summed E-state index contributed by atoms with van der Waals surface area (Å²) in [6.07, 6.45) is -4.43. The fourth-order valence-corrected chi connectivity index (χ4v) is 2.99. The molecule has 0 amide bonds. The minimum atomic E-state index is -4.43. The van der Waals surface area contributed by atoms with Gasteiger partial charge in [-0.15, -0.1) is 11.3 Å². The van der Waals surface area contributed by atoms with Gasteiger partial charge in [0.1, 0.15) is 0 Å². The van der Waals surface area contributed by atoms with E-state index >= 15 is 0 Å². The monoisotopic (exact) mass is 319 g/mol. The smallest absolute Gasteiger partial charge is 0.376 e. The molecule has 1 N–H and O–H groups in total. The van der Waals surface area contributed by atoms with Gasteiger partial charge in [0.15, 0.2) is 0 Å². The molecule has 108 valence electrons. The molecular formula is C14H13ClF3NS. The average molecular weight is 320 g/mol. The first-order valence-electron chi connectivity index (χ1n) is 5.97. The van der Waals surface area contributed by atoms with Gasteiger partial charge in [0, 0.05) is 9.75 Å². The Labute approximate surface area is 124 Å². The van der Waals surface area contributed by atoms with E-state index in [2.05, 4.69) is 5.32 Å². The molecule has 1 atom stereocenters. The zero-order valence-electron chi connectivity index (χ0n) is 10.9. The predicted octanol–water partition coefficient (Wildman–Crippen LogP) is 5.90. The summed E-state index contributed by atoms with van der Waals surface area (Å²) in [5, 5.41) is 2.94. The van der Waals surface area contributed by atoms with Crippen molar-refractivity contribution >= 4 is 28.6 Å². The van der Waals surface area contributed by atoms with E-state index in [-0.39, 0.29) is 16.8 Å². The summed E-state index contributed by atoms with van der Waals surface area (Å²) in [5.74, 6) is 0. The number of thiophene rings is 1. The van der Waals surface area contributed by atoms with E-state index in [1.54, 1.807) is 11.3 Å². The van der Waals surface area contributed by atoms with Crippen LogP contribution in [-0.4, -0.2) is 0 Å². The molecule has 1 aromatic heterocycles. The largest absolute Gasteiger partial charge is 0.418 e. The topological polar surface area (TPSA) is 12.0 Å². The molecule has 0 fully saturated rings. The van der Waals surface area contributed by atoms with Gasteiger partial charge in [0.05, 0.1) is 22.3 Å². The fraction of sp³-hybridized carbons (Fsp3) is 0.286. The number of alkyl halides is 3. The molecule has 1 heterocycles. The Kier molecular flexibility index (Phi) is 4.30. The molecule has 1 unspecified atom stereocenters. The third-order valence-corrected chi connectivity index (χ3v) is 4.37. The van der Waals surface area contributed by atoms with Crippen LogP contribution in [0.15, 0.2) is 30.3 Å². The molecule has 2 rings (SSSR count). The highest BCUT2D eigenvalue weighted by molar-refractivity contribution is 7.12. The van der Waals surface area contributed by atoms with Crippen LogP contribution >= 0.6 is 22.9 Å². The van der Waals surface area contributed by atoms with Crippen molar-refractivity contribution in [3.8, 4) is 0 Å². The number of aryl methyl sites for hydroxylation is 1. The molecule has 0 aliphatic carbocycles. The second-order valence-corrected chi connectivity index (χ2v) is 6.20. The molecule has 2 aromatic rings. The van der Waals surface area contributed by atoms with Crippen LogP contribution < -0.4 is 5.32 Å². The van der Waals surface area contributed by atoms with Crippen LogP contribution in [0.4, 0.5) is 18.9 Å². The van der Waals surface area contributed by atoms with Crippen molar-refractivity contribution < 1.29 is 13.2 Å². The molecule has 20 heavy (non-hydrogen) atoms. The summed E-state index contributed by atoms with van der Waals surface area (Å²) in [4.78, 5) is 2.08. The van der Waals surface area contributed by atoms with Crippen molar-refractivity contribution in [1.82, 2.24) is 0 Å². The molecule has 6 heteroatoms. The van der Waals surface area contributed by atoms with Crippen LogP contribution in [0.25, 0.3) is 0 Å². The van der Waals surface area contributed by atoms with Gasteiger partial charge >= 0.3 is 6.18 Å². The van der Waals surface area contributed by atoms with E-state index in [4.69, 9.17) is 11.6 Å². The molecule has 0 saturated heterocycles. The molecule has 0 bridgehead atoms. The van der Waals surface area contributed by atoms with Crippen LogP contribution in [0.5, 0.6) is 0 Å². The van der Waals surface area contributed by atoms with Crippen molar-refractivity contribution in [3.05, 3.63) is 50.7 Å². The molecular weight excluding hydrogens is 307 g/mol. The van der Waals surface area contributed by atoms with E-state index in [0.717, 1.165) is 15.8 Å². The molecule has 0 saturated carbocycles. The maximum Gasteiger partial charge on any atom is 0.418 e. The number of para-hydroxylation sites is 1. The highest BCUT2D eigenvalue weighted by atomic mass is 35.5. The molecule has 0 spiro atoms. The van der Waals surface area contributed by atoms with Crippen LogP contribution in [-0.2, 0) is 6.18 Å².